The van der Waals surface area contributed by atoms with Crippen LogP contribution in [-0.2, 0) is 18.9 Å². The van der Waals surface area contributed by atoms with Gasteiger partial charge in [-0.3, -0.25) is 4.79 Å². The van der Waals surface area contributed by atoms with Crippen molar-refractivity contribution in [2.24, 2.45) is 0 Å². The van der Waals surface area contributed by atoms with E-state index < -0.39 is 151 Å². The molecule has 298 valence electrons. The Morgan fingerprint density at radius 1 is 0.611 bits per heavy atom. The van der Waals surface area contributed by atoms with Gasteiger partial charge in [0.25, 0.3) is 0 Å². The summed E-state index contributed by atoms with van der Waals surface area (Å²) in [5.41, 5.74) is -1.86. The number of phenolic OH excluding ortho intramolecular Hbond substituents is 3. The molecule has 0 amide bonds. The van der Waals surface area contributed by atoms with Crippen LogP contribution in [0.25, 0.3) is 22.3 Å². The molecule has 54 heavy (non-hydrogen) atoms. The lowest BCUT2D eigenvalue weighted by molar-refractivity contribution is -0.342. The Labute approximate surface area is 302 Å². The van der Waals surface area contributed by atoms with E-state index in [-0.39, 0.29) is 17.1 Å². The largest absolute Gasteiger partial charge is 0.507 e. The van der Waals surface area contributed by atoms with Gasteiger partial charge in [0.05, 0.1) is 25.4 Å². The predicted octanol–water partition coefficient (Wildman–Crippen LogP) is -4.91. The van der Waals surface area contributed by atoms with Gasteiger partial charge in [0, 0.05) is 17.7 Å². The molecule has 21 heteroatoms. The second kappa shape index (κ2) is 15.8. The van der Waals surface area contributed by atoms with E-state index in [0.29, 0.717) is 0 Å². The van der Waals surface area contributed by atoms with E-state index >= 15 is 0 Å². The summed E-state index contributed by atoms with van der Waals surface area (Å²) in [7, 11) is 0. The Balaban J connectivity index is 1.32. The highest BCUT2D eigenvalue weighted by Crippen LogP contribution is 2.46. The van der Waals surface area contributed by atoms with Crippen LogP contribution in [0.5, 0.6) is 23.0 Å². The highest BCUT2D eigenvalue weighted by molar-refractivity contribution is 5.88. The molecule has 3 saturated heterocycles. The minimum Gasteiger partial charge on any atom is -0.507 e. The average Bonchev–Trinajstić information content (AvgIpc) is 3.14. The fraction of sp³-hybridized carbons (Fsp3) is 0.545. The van der Waals surface area contributed by atoms with Gasteiger partial charge in [-0.25, -0.2) is 0 Å². The average molecular weight is 773 g/mol. The summed E-state index contributed by atoms with van der Waals surface area (Å²) >= 11 is 0. The van der Waals surface area contributed by atoms with E-state index in [4.69, 9.17) is 28.1 Å². The molecule has 21 nitrogen and oxygen atoms in total. The van der Waals surface area contributed by atoms with Crippen LogP contribution in [0.1, 0.15) is 11.7 Å². The lowest BCUT2D eigenvalue weighted by Gasteiger charge is -2.46. The zero-order chi connectivity index (χ0) is 39.3. The van der Waals surface area contributed by atoms with Gasteiger partial charge in [0.15, 0.2) is 23.2 Å². The monoisotopic (exact) mass is 772 g/mol. The van der Waals surface area contributed by atoms with Crippen molar-refractivity contribution in [1.29, 1.82) is 0 Å². The number of hydrogen-bond acceptors (Lipinski definition) is 21. The Kier molecular flexibility index (Phi) is 11.7. The molecule has 3 aromatic rings. The Morgan fingerprint density at radius 2 is 1.17 bits per heavy atom. The number of aromatic hydroxyl groups is 3. The summed E-state index contributed by atoms with van der Waals surface area (Å²) in [4.78, 5) is 13.5. The minimum atomic E-state index is -2.00. The molecule has 4 heterocycles. The van der Waals surface area contributed by atoms with Gasteiger partial charge in [-0.15, -0.1) is 0 Å². The predicted molar refractivity (Wildman–Crippen MR) is 173 cm³/mol. The first kappa shape index (κ1) is 39.9. The van der Waals surface area contributed by atoms with Gasteiger partial charge in [0.1, 0.15) is 108 Å². The van der Waals surface area contributed by atoms with E-state index in [9.17, 15) is 76.3 Å². The second-order valence-corrected chi connectivity index (χ2v) is 13.1. The molecule has 1 aromatic heterocycles. The van der Waals surface area contributed by atoms with Crippen molar-refractivity contribution in [1.82, 2.24) is 0 Å². The molecule has 0 saturated carbocycles. The second-order valence-electron chi connectivity index (χ2n) is 13.1. The summed E-state index contributed by atoms with van der Waals surface area (Å²) in [5, 5.41) is 144. The third-order valence-corrected chi connectivity index (χ3v) is 9.64. The van der Waals surface area contributed by atoms with Crippen molar-refractivity contribution < 1.29 is 99.6 Å². The zero-order valence-electron chi connectivity index (χ0n) is 27.8. The third kappa shape index (κ3) is 7.09. The smallest absolute Gasteiger partial charge is 0.229 e. The van der Waals surface area contributed by atoms with Gasteiger partial charge >= 0.3 is 0 Å². The van der Waals surface area contributed by atoms with Crippen LogP contribution in [0.3, 0.4) is 0 Å². The molecule has 2 aromatic carbocycles. The molecule has 0 radical (unpaired) electrons. The molecule has 6 rings (SSSR count). The topological polar surface area (TPSA) is 360 Å². The van der Waals surface area contributed by atoms with Crippen molar-refractivity contribution in [2.45, 2.75) is 91.9 Å². The summed E-state index contributed by atoms with van der Waals surface area (Å²) in [6, 6.07) is 5.37. The number of aliphatic hydroxyl groups is 11. The molecule has 3 aliphatic rings. The number of ether oxygens (including phenoxy) is 5. The fourth-order valence-corrected chi connectivity index (χ4v) is 6.60. The molecule has 6 unspecified atom stereocenters. The van der Waals surface area contributed by atoms with Gasteiger partial charge in [-0.05, 0) is 18.2 Å². The third-order valence-electron chi connectivity index (χ3n) is 9.64. The summed E-state index contributed by atoms with van der Waals surface area (Å²) in [6.45, 7) is -2.44. The molecule has 14 N–H and O–H groups in total. The van der Waals surface area contributed by atoms with Crippen LogP contribution in [0.4, 0.5) is 0 Å². The molecule has 0 spiro atoms. The lowest BCUT2D eigenvalue weighted by atomic mass is 9.89. The number of benzene rings is 2. The van der Waals surface area contributed by atoms with E-state index in [1.165, 1.54) is 12.1 Å². The molecule has 3 aliphatic heterocycles. The summed E-state index contributed by atoms with van der Waals surface area (Å²) in [5.74, 6) is -2.84. The zero-order valence-corrected chi connectivity index (χ0v) is 27.8. The highest BCUT2D eigenvalue weighted by atomic mass is 16.7. The first-order valence-electron chi connectivity index (χ1n) is 16.5. The first-order valence-corrected chi connectivity index (χ1v) is 16.5. The van der Waals surface area contributed by atoms with Crippen molar-refractivity contribution in [3.05, 3.63) is 46.1 Å². The van der Waals surface area contributed by atoms with Gasteiger partial charge in [0.2, 0.25) is 6.29 Å². The summed E-state index contributed by atoms with van der Waals surface area (Å²) < 4.78 is 33.3. The van der Waals surface area contributed by atoms with Crippen LogP contribution in [0.2, 0.25) is 0 Å². The highest BCUT2D eigenvalue weighted by Gasteiger charge is 2.52. The molecule has 0 bridgehead atoms. The quantitative estimate of drug-likeness (QED) is 0.0969. The first-order chi connectivity index (χ1) is 25.6. The van der Waals surface area contributed by atoms with Crippen LogP contribution < -0.4 is 10.2 Å². The number of rotatable bonds is 9. The van der Waals surface area contributed by atoms with Crippen molar-refractivity contribution >= 4 is 11.0 Å². The number of hydrogen-bond donors (Lipinski definition) is 14. The Morgan fingerprint density at radius 3 is 1.76 bits per heavy atom. The standard InChI is InChI=1S/C33H40O21/c34-6-16-23(42)27(46)31(54-33-29(48)26(45)22(41)18(8-36)53-33)30(50-16)20-12(39)5-15-19(24(20)43)11(38)4-14(49-15)9-1-2-13(10(37)3-9)51-32-28(47)25(44)21(40)17(7-35)52-32/h1-5,16-18,21-23,25-37,39-48H,6-8H2/t16?,17?,18?,21-,22-,23-,25+,26+,27+,28?,29?,30+,31?,32-,33+/m1/s1. The molecule has 0 aliphatic carbocycles. The number of aliphatic hydroxyl groups excluding tert-OH is 11. The van der Waals surface area contributed by atoms with Crippen LogP contribution in [-0.4, -0.2) is 177 Å². The van der Waals surface area contributed by atoms with E-state index in [0.717, 1.165) is 18.2 Å². The van der Waals surface area contributed by atoms with Crippen molar-refractivity contribution in [3.63, 3.8) is 0 Å². The van der Waals surface area contributed by atoms with Crippen LogP contribution in [0, 0.1) is 0 Å². The van der Waals surface area contributed by atoms with Gasteiger partial charge < -0.3 is 99.6 Å². The maximum Gasteiger partial charge on any atom is 0.229 e. The Hall–Kier alpha value is -3.75. The SMILES string of the molecule is O=c1cc(-c2ccc(O[C@@H]3OC(CO)[C@@H](O)[C@H](O)C3O)c(O)c2)oc2cc(O)c([C@@H]3OC(CO)[C@@H](O)[C@H](O)C3O[C@@H]3OC(CO)[C@@H](O)[C@H](O)C3O)c(O)c12. The van der Waals surface area contributed by atoms with Crippen molar-refractivity contribution in [3.8, 4) is 34.3 Å². The number of fused-ring (bicyclic) bond motifs is 1. The van der Waals surface area contributed by atoms with Crippen LogP contribution >= 0.6 is 0 Å². The van der Waals surface area contributed by atoms with E-state index in [1.807, 2.05) is 0 Å². The van der Waals surface area contributed by atoms with Gasteiger partial charge in [-0.2, -0.15) is 0 Å². The van der Waals surface area contributed by atoms with Crippen LogP contribution in [0.15, 0.2) is 39.5 Å². The number of phenols is 3. The maximum atomic E-state index is 13.5. The molecular weight excluding hydrogens is 732 g/mol. The minimum absolute atomic E-state index is 0.0576. The summed E-state index contributed by atoms with van der Waals surface area (Å²) in [6.07, 6.45) is -26.2. The van der Waals surface area contributed by atoms with Crippen molar-refractivity contribution in [2.75, 3.05) is 19.8 Å². The normalized spacial score (nSPS) is 37.4. The maximum absolute atomic E-state index is 13.5. The molecular formula is C33H40O21. The fourth-order valence-electron chi connectivity index (χ4n) is 6.60. The molecule has 3 fully saturated rings. The molecule has 15 atom stereocenters. The van der Waals surface area contributed by atoms with E-state index in [2.05, 4.69) is 0 Å². The lowest BCUT2D eigenvalue weighted by Crippen LogP contribution is -2.62. The van der Waals surface area contributed by atoms with E-state index in [1.54, 1.807) is 0 Å². The van der Waals surface area contributed by atoms with Gasteiger partial charge in [-0.1, -0.05) is 0 Å². The Bertz CT molecular complexity index is 1850.